The highest BCUT2D eigenvalue weighted by Gasteiger charge is 2.41. The zero-order valence-electron chi connectivity index (χ0n) is 14.1. The van der Waals surface area contributed by atoms with Crippen molar-refractivity contribution in [1.82, 2.24) is 20.4 Å². The Morgan fingerprint density at radius 3 is 2.68 bits per heavy atom. The summed E-state index contributed by atoms with van der Waals surface area (Å²) >= 11 is 0. The monoisotopic (exact) mass is 304 g/mol. The molecule has 22 heavy (non-hydrogen) atoms. The molecule has 1 aromatic heterocycles. The molecule has 0 aromatic carbocycles. The molecule has 1 amide bonds. The Labute approximate surface area is 132 Å². The molecule has 1 saturated carbocycles. The standard InChI is InChI=1S/C17H28N4O/c1-17(2,3)12-7-13(8-12)21(4)16(22)14-10-19-20-15(14)11-5-6-18-9-11/h10-13,18H,5-9H2,1-4H3,(H,19,20). The lowest BCUT2D eigenvalue weighted by Gasteiger charge is -2.47. The van der Waals surface area contributed by atoms with E-state index in [1.54, 1.807) is 6.20 Å². The second-order valence-electron chi connectivity index (χ2n) is 7.99. The largest absolute Gasteiger partial charge is 0.339 e. The number of carbonyl (C=O) groups excluding carboxylic acids is 1. The first kappa shape index (κ1) is 15.5. The summed E-state index contributed by atoms with van der Waals surface area (Å²) in [5.74, 6) is 1.22. The lowest BCUT2D eigenvalue weighted by molar-refractivity contribution is 0.0281. The van der Waals surface area contributed by atoms with Gasteiger partial charge in [-0.15, -0.1) is 0 Å². The summed E-state index contributed by atoms with van der Waals surface area (Å²) in [6.45, 7) is 8.82. The van der Waals surface area contributed by atoms with Gasteiger partial charge in [0.15, 0.2) is 0 Å². The lowest BCUT2D eigenvalue weighted by atomic mass is 9.65. The summed E-state index contributed by atoms with van der Waals surface area (Å²) in [7, 11) is 1.94. The second kappa shape index (κ2) is 5.69. The van der Waals surface area contributed by atoms with E-state index < -0.39 is 0 Å². The van der Waals surface area contributed by atoms with Crippen LogP contribution in [0.3, 0.4) is 0 Å². The van der Waals surface area contributed by atoms with Gasteiger partial charge in [-0.25, -0.2) is 0 Å². The molecule has 5 nitrogen and oxygen atoms in total. The van der Waals surface area contributed by atoms with Crippen molar-refractivity contribution < 1.29 is 4.79 Å². The molecule has 2 fully saturated rings. The summed E-state index contributed by atoms with van der Waals surface area (Å²) in [6, 6.07) is 0.376. The Balaban J connectivity index is 1.66. The number of amides is 1. The van der Waals surface area contributed by atoms with Crippen LogP contribution in [0.2, 0.25) is 0 Å². The van der Waals surface area contributed by atoms with Crippen LogP contribution in [0.1, 0.15) is 62.0 Å². The molecule has 0 radical (unpaired) electrons. The van der Waals surface area contributed by atoms with Gasteiger partial charge in [-0.2, -0.15) is 5.10 Å². The van der Waals surface area contributed by atoms with Crippen LogP contribution in [0, 0.1) is 11.3 Å². The van der Waals surface area contributed by atoms with E-state index in [2.05, 4.69) is 36.3 Å². The average Bonchev–Trinajstić information content (AvgIpc) is 3.04. The summed E-state index contributed by atoms with van der Waals surface area (Å²) in [5, 5.41) is 10.5. The van der Waals surface area contributed by atoms with E-state index in [1.807, 2.05) is 11.9 Å². The molecular formula is C17H28N4O. The molecular weight excluding hydrogens is 276 g/mol. The van der Waals surface area contributed by atoms with Crippen LogP contribution >= 0.6 is 0 Å². The summed E-state index contributed by atoms with van der Waals surface area (Å²) in [5.41, 5.74) is 2.11. The van der Waals surface area contributed by atoms with E-state index in [0.717, 1.165) is 49.5 Å². The van der Waals surface area contributed by atoms with Crippen LogP contribution < -0.4 is 5.32 Å². The van der Waals surface area contributed by atoms with Crippen molar-refractivity contribution in [1.29, 1.82) is 0 Å². The van der Waals surface area contributed by atoms with Crippen LogP contribution in [-0.2, 0) is 0 Å². The number of hydrogen-bond acceptors (Lipinski definition) is 3. The molecule has 1 saturated heterocycles. The highest BCUT2D eigenvalue weighted by Crippen LogP contribution is 2.43. The van der Waals surface area contributed by atoms with Gasteiger partial charge in [-0.1, -0.05) is 20.8 Å². The van der Waals surface area contributed by atoms with Crippen molar-refractivity contribution in [2.24, 2.45) is 11.3 Å². The molecule has 1 aliphatic heterocycles. The van der Waals surface area contributed by atoms with Gasteiger partial charge in [-0.05, 0) is 37.1 Å². The molecule has 2 aliphatic rings. The van der Waals surface area contributed by atoms with Crippen molar-refractivity contribution in [2.75, 3.05) is 20.1 Å². The fourth-order valence-electron chi connectivity index (χ4n) is 3.65. The number of H-pyrrole nitrogens is 1. The number of nitrogens with zero attached hydrogens (tertiary/aromatic N) is 2. The van der Waals surface area contributed by atoms with Crippen LogP contribution in [0.25, 0.3) is 0 Å². The maximum atomic E-state index is 12.8. The molecule has 2 heterocycles. The smallest absolute Gasteiger partial charge is 0.257 e. The number of nitrogens with one attached hydrogen (secondary N) is 2. The van der Waals surface area contributed by atoms with E-state index in [-0.39, 0.29) is 5.91 Å². The van der Waals surface area contributed by atoms with E-state index >= 15 is 0 Å². The summed E-state index contributed by atoms with van der Waals surface area (Å²) in [4.78, 5) is 14.7. The number of hydrogen-bond donors (Lipinski definition) is 2. The molecule has 1 unspecified atom stereocenters. The predicted molar refractivity (Wildman–Crippen MR) is 86.9 cm³/mol. The Kier molecular flexibility index (Phi) is 4.02. The first-order chi connectivity index (χ1) is 10.4. The van der Waals surface area contributed by atoms with Crippen LogP contribution in [-0.4, -0.2) is 47.2 Å². The maximum Gasteiger partial charge on any atom is 0.257 e. The van der Waals surface area contributed by atoms with Crippen molar-refractivity contribution >= 4 is 5.91 Å². The van der Waals surface area contributed by atoms with Gasteiger partial charge < -0.3 is 10.2 Å². The third kappa shape index (κ3) is 2.78. The lowest BCUT2D eigenvalue weighted by Crippen LogP contribution is -2.49. The first-order valence-electron chi connectivity index (χ1n) is 8.39. The molecule has 2 N–H and O–H groups in total. The van der Waals surface area contributed by atoms with Gasteiger partial charge in [0.2, 0.25) is 0 Å². The Morgan fingerprint density at radius 1 is 1.36 bits per heavy atom. The molecule has 0 spiro atoms. The van der Waals surface area contributed by atoms with Crippen molar-refractivity contribution in [3.05, 3.63) is 17.5 Å². The third-order valence-electron chi connectivity index (χ3n) is 5.57. The quantitative estimate of drug-likeness (QED) is 0.901. The van der Waals surface area contributed by atoms with Crippen molar-refractivity contribution in [3.8, 4) is 0 Å². The van der Waals surface area contributed by atoms with Crippen molar-refractivity contribution in [3.63, 3.8) is 0 Å². The minimum atomic E-state index is 0.119. The van der Waals surface area contributed by atoms with E-state index in [9.17, 15) is 4.79 Å². The summed E-state index contributed by atoms with van der Waals surface area (Å²) in [6.07, 6.45) is 5.00. The number of rotatable bonds is 3. The fraction of sp³-hybridized carbons (Fsp3) is 0.765. The van der Waals surface area contributed by atoms with Crippen LogP contribution in [0.5, 0.6) is 0 Å². The average molecular weight is 304 g/mol. The number of aromatic amines is 1. The molecule has 1 atom stereocenters. The SMILES string of the molecule is CN(C(=O)c1cn[nH]c1C1CCNC1)C1CC(C(C)(C)C)C1. The van der Waals surface area contributed by atoms with Gasteiger partial charge in [-0.3, -0.25) is 9.89 Å². The van der Waals surface area contributed by atoms with Gasteiger partial charge in [0.1, 0.15) is 0 Å². The predicted octanol–water partition coefficient (Wildman–Crippen LogP) is 2.38. The van der Waals surface area contributed by atoms with Gasteiger partial charge in [0.05, 0.1) is 17.5 Å². The van der Waals surface area contributed by atoms with Gasteiger partial charge in [0, 0.05) is 25.6 Å². The molecule has 122 valence electrons. The topological polar surface area (TPSA) is 61.0 Å². The van der Waals surface area contributed by atoms with Gasteiger partial charge in [0.25, 0.3) is 5.91 Å². The van der Waals surface area contributed by atoms with Crippen molar-refractivity contribution in [2.45, 2.75) is 52.0 Å². The van der Waals surface area contributed by atoms with E-state index in [1.165, 1.54) is 0 Å². The molecule has 3 rings (SSSR count). The summed E-state index contributed by atoms with van der Waals surface area (Å²) < 4.78 is 0. The number of aromatic nitrogens is 2. The van der Waals surface area contributed by atoms with Crippen LogP contribution in [0.15, 0.2) is 6.20 Å². The fourth-order valence-corrected chi connectivity index (χ4v) is 3.65. The Hall–Kier alpha value is -1.36. The minimum Gasteiger partial charge on any atom is -0.339 e. The molecule has 0 bridgehead atoms. The van der Waals surface area contributed by atoms with Crippen LogP contribution in [0.4, 0.5) is 0 Å². The van der Waals surface area contributed by atoms with E-state index in [4.69, 9.17) is 0 Å². The highest BCUT2D eigenvalue weighted by molar-refractivity contribution is 5.95. The third-order valence-corrected chi connectivity index (χ3v) is 5.57. The van der Waals surface area contributed by atoms with Gasteiger partial charge >= 0.3 is 0 Å². The Bertz CT molecular complexity index is 533. The molecule has 1 aliphatic carbocycles. The maximum absolute atomic E-state index is 12.8. The molecule has 1 aromatic rings. The molecule has 5 heteroatoms. The highest BCUT2D eigenvalue weighted by atomic mass is 16.2. The second-order valence-corrected chi connectivity index (χ2v) is 7.99. The Morgan fingerprint density at radius 2 is 2.09 bits per heavy atom. The minimum absolute atomic E-state index is 0.119. The normalized spacial score (nSPS) is 28.5. The van der Waals surface area contributed by atoms with E-state index in [0.29, 0.717) is 17.4 Å². The first-order valence-corrected chi connectivity index (χ1v) is 8.39. The zero-order valence-corrected chi connectivity index (χ0v) is 14.1. The number of carbonyl (C=O) groups is 1. The zero-order chi connectivity index (χ0) is 15.9.